The maximum atomic E-state index is 11.2. The smallest absolute Gasteiger partial charge is 0.317 e. The Morgan fingerprint density at radius 3 is 2.63 bits per heavy atom. The Kier molecular flexibility index (Phi) is 4.20. The van der Waals surface area contributed by atoms with Gasteiger partial charge >= 0.3 is 5.97 Å². The van der Waals surface area contributed by atoms with E-state index in [0.717, 1.165) is 10.9 Å². The summed E-state index contributed by atoms with van der Waals surface area (Å²) in [6.07, 6.45) is 0.135. The minimum Gasteiger partial charge on any atom is -0.465 e. The molecule has 0 fully saturated rings. The van der Waals surface area contributed by atoms with Crippen molar-refractivity contribution in [3.63, 3.8) is 0 Å². The SMILES string of the molecule is CCOC(=O)CC#Cc1ccc(C)c2ccccc12. The van der Waals surface area contributed by atoms with Gasteiger partial charge in [0.1, 0.15) is 6.42 Å². The van der Waals surface area contributed by atoms with Crippen molar-refractivity contribution >= 4 is 16.7 Å². The van der Waals surface area contributed by atoms with E-state index in [4.69, 9.17) is 4.74 Å². The molecule has 0 aliphatic heterocycles. The Balaban J connectivity index is 2.29. The van der Waals surface area contributed by atoms with Crippen molar-refractivity contribution < 1.29 is 9.53 Å². The Bertz CT molecular complexity index is 660. The van der Waals surface area contributed by atoms with Crippen LogP contribution in [0.1, 0.15) is 24.5 Å². The first-order valence-corrected chi connectivity index (χ1v) is 6.35. The minimum absolute atomic E-state index is 0.135. The lowest BCUT2D eigenvalue weighted by Gasteiger charge is -2.03. The average molecular weight is 252 g/mol. The number of carbonyl (C=O) groups excluding carboxylic acids is 1. The highest BCUT2D eigenvalue weighted by Gasteiger charge is 2.01. The molecule has 0 aliphatic carbocycles. The lowest BCUT2D eigenvalue weighted by Crippen LogP contribution is -2.01. The van der Waals surface area contributed by atoms with Gasteiger partial charge in [0.25, 0.3) is 0 Å². The third-order valence-corrected chi connectivity index (χ3v) is 2.90. The van der Waals surface area contributed by atoms with Gasteiger partial charge in [0, 0.05) is 5.56 Å². The molecule has 2 aromatic rings. The summed E-state index contributed by atoms with van der Waals surface area (Å²) in [5.74, 6) is 5.65. The normalized spacial score (nSPS) is 9.79. The van der Waals surface area contributed by atoms with Crippen LogP contribution in [0.3, 0.4) is 0 Å². The molecular formula is C17H16O2. The number of aryl methyl sites for hydroxylation is 1. The molecule has 2 rings (SSSR count). The van der Waals surface area contributed by atoms with E-state index in [0.29, 0.717) is 6.61 Å². The van der Waals surface area contributed by atoms with Gasteiger partial charge in [-0.15, -0.1) is 0 Å². The van der Waals surface area contributed by atoms with E-state index >= 15 is 0 Å². The summed E-state index contributed by atoms with van der Waals surface area (Å²) < 4.78 is 4.84. The number of benzene rings is 2. The van der Waals surface area contributed by atoms with E-state index in [9.17, 15) is 4.79 Å². The van der Waals surface area contributed by atoms with E-state index in [1.165, 1.54) is 10.9 Å². The number of rotatable bonds is 2. The molecule has 0 heterocycles. The predicted molar refractivity (Wildman–Crippen MR) is 76.8 cm³/mol. The highest BCUT2D eigenvalue weighted by Crippen LogP contribution is 2.21. The molecule has 96 valence electrons. The van der Waals surface area contributed by atoms with Crippen LogP contribution < -0.4 is 0 Å². The third-order valence-electron chi connectivity index (χ3n) is 2.90. The van der Waals surface area contributed by atoms with Gasteiger partial charge in [-0.3, -0.25) is 4.79 Å². The second-order valence-corrected chi connectivity index (χ2v) is 4.26. The molecule has 0 unspecified atom stereocenters. The van der Waals surface area contributed by atoms with Crippen LogP contribution in [-0.4, -0.2) is 12.6 Å². The van der Waals surface area contributed by atoms with Crippen LogP contribution in [0.4, 0.5) is 0 Å². The second-order valence-electron chi connectivity index (χ2n) is 4.26. The number of hydrogen-bond acceptors (Lipinski definition) is 2. The van der Waals surface area contributed by atoms with Crippen LogP contribution in [-0.2, 0) is 9.53 Å². The van der Waals surface area contributed by atoms with Crippen molar-refractivity contribution in [3.05, 3.63) is 47.5 Å². The van der Waals surface area contributed by atoms with Crippen molar-refractivity contribution in [3.8, 4) is 11.8 Å². The van der Waals surface area contributed by atoms with Crippen molar-refractivity contribution in [2.24, 2.45) is 0 Å². The van der Waals surface area contributed by atoms with Gasteiger partial charge in [0.05, 0.1) is 6.61 Å². The van der Waals surface area contributed by atoms with Gasteiger partial charge in [0.15, 0.2) is 0 Å². The number of ether oxygens (including phenoxy) is 1. The first-order chi connectivity index (χ1) is 9.22. The van der Waals surface area contributed by atoms with Crippen LogP contribution in [0.15, 0.2) is 36.4 Å². The molecule has 0 saturated heterocycles. The Morgan fingerprint density at radius 1 is 1.16 bits per heavy atom. The molecule has 0 spiro atoms. The van der Waals surface area contributed by atoms with Crippen molar-refractivity contribution in [2.45, 2.75) is 20.3 Å². The van der Waals surface area contributed by atoms with Gasteiger partial charge in [-0.05, 0) is 36.2 Å². The molecule has 0 atom stereocenters. The second kappa shape index (κ2) is 6.06. The summed E-state index contributed by atoms with van der Waals surface area (Å²) in [6.45, 7) is 4.27. The summed E-state index contributed by atoms with van der Waals surface area (Å²) in [7, 11) is 0. The van der Waals surface area contributed by atoms with Crippen LogP contribution in [0.5, 0.6) is 0 Å². The maximum Gasteiger partial charge on any atom is 0.317 e. The van der Waals surface area contributed by atoms with E-state index in [2.05, 4.69) is 37.0 Å². The minimum atomic E-state index is -0.272. The zero-order valence-corrected chi connectivity index (χ0v) is 11.2. The fourth-order valence-electron chi connectivity index (χ4n) is 1.98. The molecule has 0 radical (unpaired) electrons. The van der Waals surface area contributed by atoms with Crippen molar-refractivity contribution in [1.82, 2.24) is 0 Å². The van der Waals surface area contributed by atoms with E-state index in [1.807, 2.05) is 18.2 Å². The zero-order chi connectivity index (χ0) is 13.7. The molecule has 0 bridgehead atoms. The maximum absolute atomic E-state index is 11.2. The molecule has 0 aromatic heterocycles. The van der Waals surface area contributed by atoms with Gasteiger partial charge in [0.2, 0.25) is 0 Å². The summed E-state index contributed by atoms with van der Waals surface area (Å²) in [4.78, 5) is 11.2. The lowest BCUT2D eigenvalue weighted by molar-refractivity contribution is -0.141. The molecule has 2 nitrogen and oxygen atoms in total. The molecular weight excluding hydrogens is 236 g/mol. The van der Waals surface area contributed by atoms with Gasteiger partial charge in [-0.25, -0.2) is 0 Å². The number of esters is 1. The molecule has 2 aromatic carbocycles. The summed E-state index contributed by atoms with van der Waals surface area (Å²) in [6, 6.07) is 12.2. The molecule has 19 heavy (non-hydrogen) atoms. The standard InChI is InChI=1S/C17H16O2/c1-3-19-17(18)10-6-7-14-12-11-13(2)15-8-4-5-9-16(14)15/h4-5,8-9,11-12H,3,10H2,1-2H3. The van der Waals surface area contributed by atoms with E-state index in [-0.39, 0.29) is 12.4 Å². The number of fused-ring (bicyclic) bond motifs is 1. The third kappa shape index (κ3) is 3.14. The largest absolute Gasteiger partial charge is 0.465 e. The summed E-state index contributed by atoms with van der Waals surface area (Å²) >= 11 is 0. The quantitative estimate of drug-likeness (QED) is 0.604. The van der Waals surface area contributed by atoms with E-state index in [1.54, 1.807) is 6.92 Å². The van der Waals surface area contributed by atoms with Crippen LogP contribution in [0, 0.1) is 18.8 Å². The van der Waals surface area contributed by atoms with Crippen LogP contribution in [0.2, 0.25) is 0 Å². The summed E-state index contributed by atoms with van der Waals surface area (Å²) in [5, 5.41) is 2.32. The fraction of sp³-hybridized carbons (Fsp3) is 0.235. The van der Waals surface area contributed by atoms with Crippen LogP contribution in [0.25, 0.3) is 10.8 Å². The Hall–Kier alpha value is -2.27. The molecule has 2 heteroatoms. The fourth-order valence-corrected chi connectivity index (χ4v) is 1.98. The molecule has 0 amide bonds. The lowest BCUT2D eigenvalue weighted by atomic mass is 10.0. The highest BCUT2D eigenvalue weighted by molar-refractivity contribution is 5.90. The first kappa shape index (κ1) is 13.2. The Morgan fingerprint density at radius 2 is 1.89 bits per heavy atom. The van der Waals surface area contributed by atoms with Gasteiger partial charge in [-0.1, -0.05) is 42.2 Å². The number of carbonyl (C=O) groups is 1. The van der Waals surface area contributed by atoms with Crippen molar-refractivity contribution in [1.29, 1.82) is 0 Å². The van der Waals surface area contributed by atoms with Gasteiger partial charge < -0.3 is 4.74 Å². The monoisotopic (exact) mass is 252 g/mol. The molecule has 0 saturated carbocycles. The summed E-state index contributed by atoms with van der Waals surface area (Å²) in [5.41, 5.74) is 2.18. The van der Waals surface area contributed by atoms with Crippen LogP contribution >= 0.6 is 0 Å². The first-order valence-electron chi connectivity index (χ1n) is 6.35. The number of hydrogen-bond donors (Lipinski definition) is 0. The topological polar surface area (TPSA) is 26.3 Å². The average Bonchev–Trinajstić information content (AvgIpc) is 2.42. The van der Waals surface area contributed by atoms with Crippen molar-refractivity contribution in [2.75, 3.05) is 6.61 Å². The van der Waals surface area contributed by atoms with Gasteiger partial charge in [-0.2, -0.15) is 0 Å². The zero-order valence-electron chi connectivity index (χ0n) is 11.2. The Labute approximate surface area is 113 Å². The predicted octanol–water partition coefficient (Wildman–Crippen LogP) is 3.45. The molecule has 0 aliphatic rings. The highest BCUT2D eigenvalue weighted by atomic mass is 16.5. The van der Waals surface area contributed by atoms with E-state index < -0.39 is 0 Å². The molecule has 0 N–H and O–H groups in total.